The first-order chi connectivity index (χ1) is 18.1. The Morgan fingerprint density at radius 3 is 1.71 bits per heavy atom. The second kappa shape index (κ2) is 23.4. The number of ether oxygens (including phenoxy) is 1. The molecule has 0 aliphatic carbocycles. The predicted octanol–water partition coefficient (Wildman–Crippen LogP) is 4.87. The van der Waals surface area contributed by atoms with E-state index in [9.17, 15) is 28.9 Å². The third-order valence-corrected chi connectivity index (χ3v) is 6.91. The summed E-state index contributed by atoms with van der Waals surface area (Å²) in [5, 5.41) is 21.0. The number of amides is 1. The first-order valence-corrected chi connectivity index (χ1v) is 15.6. The first kappa shape index (κ1) is 36.5. The summed E-state index contributed by atoms with van der Waals surface area (Å²) < 4.78 is 26.0. The zero-order chi connectivity index (χ0) is 28.7. The number of carbonyl (C=O) groups excluding carboxylic acids is 2. The highest BCUT2D eigenvalue weighted by Crippen LogP contribution is 2.43. The first-order valence-electron chi connectivity index (χ1n) is 14.1. The number of aliphatic carboxylic acids is 1. The summed E-state index contributed by atoms with van der Waals surface area (Å²) in [7, 11) is -4.70. The average molecular weight is 568 g/mol. The Bertz CT molecular complexity index is 691. The van der Waals surface area contributed by atoms with E-state index in [4.69, 9.17) is 9.84 Å². The summed E-state index contributed by atoms with van der Waals surface area (Å²) in [6.07, 6.45) is 15.9. The van der Waals surface area contributed by atoms with Gasteiger partial charge < -0.3 is 25.2 Å². The Kier molecular flexibility index (Phi) is 22.4. The van der Waals surface area contributed by atoms with Gasteiger partial charge in [-0.15, -0.1) is 0 Å². The highest BCUT2D eigenvalue weighted by molar-refractivity contribution is 7.47. The second-order valence-corrected chi connectivity index (χ2v) is 11.0. The lowest BCUT2D eigenvalue weighted by atomic mass is 10.0. The molecule has 224 valence electrons. The van der Waals surface area contributed by atoms with Crippen molar-refractivity contribution in [3.63, 3.8) is 0 Å². The molecule has 0 saturated heterocycles. The summed E-state index contributed by atoms with van der Waals surface area (Å²) in [5.74, 6) is -2.49. The molecule has 0 aromatic rings. The van der Waals surface area contributed by atoms with Gasteiger partial charge in [0.2, 0.25) is 5.91 Å². The summed E-state index contributed by atoms with van der Waals surface area (Å²) >= 11 is 0. The van der Waals surface area contributed by atoms with Gasteiger partial charge in [0.05, 0.1) is 13.2 Å². The topological polar surface area (TPSA) is 169 Å². The van der Waals surface area contributed by atoms with Gasteiger partial charge in [-0.25, -0.2) is 9.36 Å². The molecule has 0 aliphatic rings. The van der Waals surface area contributed by atoms with Crippen LogP contribution in [0, 0.1) is 0 Å². The normalized spacial score (nSPS) is 14.4. The van der Waals surface area contributed by atoms with Crippen molar-refractivity contribution in [2.75, 3.05) is 19.8 Å². The van der Waals surface area contributed by atoms with Crippen molar-refractivity contribution in [1.82, 2.24) is 5.32 Å². The number of unbranched alkanes of at least 4 members (excludes halogenated alkanes) is 13. The molecule has 11 nitrogen and oxygen atoms in total. The molecule has 3 atom stereocenters. The van der Waals surface area contributed by atoms with E-state index in [1.165, 1.54) is 71.1 Å². The Balaban J connectivity index is 3.79. The molecule has 0 spiro atoms. The molecular formula is C26H50NO10P. The summed E-state index contributed by atoms with van der Waals surface area (Å²) in [6, 6.07) is -1.53. The van der Waals surface area contributed by atoms with Crippen LogP contribution in [0.4, 0.5) is 0 Å². The fraction of sp³-hybridized carbons (Fsp3) is 0.885. The molecule has 0 bridgehead atoms. The van der Waals surface area contributed by atoms with E-state index >= 15 is 0 Å². The molecule has 0 rings (SSSR count). The maximum Gasteiger partial charge on any atom is 0.472 e. The minimum Gasteiger partial charge on any atom is -0.480 e. The molecule has 0 saturated carbocycles. The number of carboxylic acids is 1. The van der Waals surface area contributed by atoms with Gasteiger partial charge in [-0.1, -0.05) is 97.3 Å². The Hall–Kier alpha value is -1.52. The van der Waals surface area contributed by atoms with Crippen LogP contribution in [0.15, 0.2) is 0 Å². The zero-order valence-electron chi connectivity index (χ0n) is 23.2. The number of nitrogens with one attached hydrogen (secondary N) is 1. The number of phosphoric ester groups is 1. The van der Waals surface area contributed by atoms with E-state index < -0.39 is 57.6 Å². The maximum absolute atomic E-state index is 11.9. The van der Waals surface area contributed by atoms with Crippen LogP contribution in [0.1, 0.15) is 117 Å². The van der Waals surface area contributed by atoms with E-state index in [0.717, 1.165) is 19.3 Å². The quantitative estimate of drug-likeness (QED) is 0.0642. The number of aliphatic hydroxyl groups excluding tert-OH is 1. The molecule has 4 N–H and O–H groups in total. The Morgan fingerprint density at radius 2 is 1.24 bits per heavy atom. The predicted molar refractivity (Wildman–Crippen MR) is 143 cm³/mol. The molecule has 0 radical (unpaired) electrons. The van der Waals surface area contributed by atoms with Gasteiger partial charge in [-0.05, 0) is 6.42 Å². The number of hydrogen-bond acceptors (Lipinski definition) is 8. The lowest BCUT2D eigenvalue weighted by molar-refractivity contribution is -0.147. The van der Waals surface area contributed by atoms with Crippen LogP contribution in [0.5, 0.6) is 0 Å². The Labute approximate surface area is 227 Å². The van der Waals surface area contributed by atoms with Crippen LogP contribution in [-0.2, 0) is 32.7 Å². The van der Waals surface area contributed by atoms with Crippen LogP contribution >= 0.6 is 7.82 Å². The van der Waals surface area contributed by atoms with Crippen molar-refractivity contribution in [1.29, 1.82) is 0 Å². The summed E-state index contributed by atoms with van der Waals surface area (Å²) in [5.41, 5.74) is 0. The van der Waals surface area contributed by atoms with Crippen LogP contribution in [0.25, 0.3) is 0 Å². The van der Waals surface area contributed by atoms with Crippen molar-refractivity contribution >= 4 is 25.7 Å². The fourth-order valence-electron chi connectivity index (χ4n) is 3.63. The highest BCUT2D eigenvalue weighted by Gasteiger charge is 2.28. The monoisotopic (exact) mass is 567 g/mol. The number of rotatable bonds is 26. The van der Waals surface area contributed by atoms with E-state index in [2.05, 4.69) is 21.3 Å². The molecule has 0 heterocycles. The average Bonchev–Trinajstić information content (AvgIpc) is 2.88. The number of esters is 1. The number of carboxylic acid groups (broad SMARTS) is 1. The van der Waals surface area contributed by atoms with Gasteiger partial charge in [-0.3, -0.25) is 18.6 Å². The lowest BCUT2D eigenvalue weighted by Gasteiger charge is -2.18. The van der Waals surface area contributed by atoms with Crippen LogP contribution in [0.2, 0.25) is 0 Å². The van der Waals surface area contributed by atoms with Gasteiger partial charge in [0.15, 0.2) is 6.04 Å². The fourth-order valence-corrected chi connectivity index (χ4v) is 4.40. The van der Waals surface area contributed by atoms with Crippen molar-refractivity contribution in [3.8, 4) is 0 Å². The molecule has 12 heteroatoms. The molecule has 0 fully saturated rings. The maximum atomic E-state index is 11.9. The lowest BCUT2D eigenvalue weighted by Crippen LogP contribution is -2.43. The number of carbonyl (C=O) groups is 3. The molecule has 38 heavy (non-hydrogen) atoms. The van der Waals surface area contributed by atoms with Crippen molar-refractivity contribution in [2.45, 2.75) is 129 Å². The van der Waals surface area contributed by atoms with Gasteiger partial charge in [0.1, 0.15) is 12.7 Å². The third-order valence-electron chi connectivity index (χ3n) is 5.96. The van der Waals surface area contributed by atoms with Gasteiger partial charge in [0.25, 0.3) is 0 Å². The van der Waals surface area contributed by atoms with Crippen molar-refractivity contribution in [3.05, 3.63) is 0 Å². The molecule has 0 aliphatic heterocycles. The van der Waals surface area contributed by atoms with E-state index in [1.807, 2.05) is 0 Å². The Morgan fingerprint density at radius 1 is 0.763 bits per heavy atom. The van der Waals surface area contributed by atoms with Crippen LogP contribution in [0.3, 0.4) is 0 Å². The van der Waals surface area contributed by atoms with Gasteiger partial charge in [0, 0.05) is 12.8 Å². The minimum atomic E-state index is -4.70. The van der Waals surface area contributed by atoms with Crippen molar-refractivity contribution in [2.24, 2.45) is 0 Å². The molecule has 3 unspecified atom stereocenters. The zero-order valence-corrected chi connectivity index (χ0v) is 24.1. The number of hydrogen-bond donors (Lipinski definition) is 4. The summed E-state index contributed by atoms with van der Waals surface area (Å²) in [4.78, 5) is 43.9. The van der Waals surface area contributed by atoms with Gasteiger partial charge in [-0.2, -0.15) is 0 Å². The second-order valence-electron chi connectivity index (χ2n) is 9.56. The largest absolute Gasteiger partial charge is 0.480 e. The summed E-state index contributed by atoms with van der Waals surface area (Å²) in [6.45, 7) is 1.86. The van der Waals surface area contributed by atoms with Crippen molar-refractivity contribution < 1.29 is 47.8 Å². The standard InChI is InChI=1S/C26H50NO10P/c1-3-5-6-7-8-9-10-11-12-13-14-15-16-17-18-25(30)35-19-22(28)20-36-38(33,34)37-21-23(26(31)32)27-24(29)4-2/h22-23,28H,3-21H2,1-2H3,(H,27,29)(H,31,32)(H,33,34). The smallest absolute Gasteiger partial charge is 0.472 e. The van der Waals surface area contributed by atoms with E-state index in [1.54, 1.807) is 0 Å². The van der Waals surface area contributed by atoms with Gasteiger partial charge >= 0.3 is 19.8 Å². The van der Waals surface area contributed by atoms with Crippen LogP contribution < -0.4 is 5.32 Å². The minimum absolute atomic E-state index is 0.0291. The number of aliphatic hydroxyl groups is 1. The molecular weight excluding hydrogens is 517 g/mol. The van der Waals surface area contributed by atoms with E-state index in [-0.39, 0.29) is 12.8 Å². The molecule has 0 aromatic heterocycles. The SMILES string of the molecule is CCCCCCCCCCCCCCCCC(=O)OCC(O)COP(=O)(O)OCC(NC(=O)CC)C(=O)O. The third kappa shape index (κ3) is 22.5. The molecule has 1 amide bonds. The number of phosphoric acid groups is 1. The van der Waals surface area contributed by atoms with E-state index in [0.29, 0.717) is 6.42 Å². The highest BCUT2D eigenvalue weighted by atomic mass is 31.2. The molecule has 0 aromatic carbocycles. The van der Waals surface area contributed by atoms with Crippen LogP contribution in [-0.4, -0.2) is 64.9 Å².